The summed E-state index contributed by atoms with van der Waals surface area (Å²) in [5.74, 6) is 0.815. The highest BCUT2D eigenvalue weighted by atomic mass is 32.1. The molecule has 2 atom stereocenters. The maximum absolute atomic E-state index is 9.33. The molecule has 4 heteroatoms. The second-order valence-corrected chi connectivity index (χ2v) is 4.97. The Morgan fingerprint density at radius 3 is 2.15 bits per heavy atom. The van der Waals surface area contributed by atoms with Gasteiger partial charge in [0.2, 0.25) is 0 Å². The number of hydrogen-bond donors (Lipinski definition) is 3. The Hall–Kier alpha value is 0.230. The van der Waals surface area contributed by atoms with Gasteiger partial charge in [-0.3, -0.25) is 4.90 Å². The Morgan fingerprint density at radius 1 is 1.31 bits per heavy atom. The van der Waals surface area contributed by atoms with E-state index in [0.29, 0.717) is 13.1 Å². The third-order valence-electron chi connectivity index (χ3n) is 2.41. The SMILES string of the molecule is CC(C)(CS)CN1CC(O)C(O)C1. The first-order chi connectivity index (χ1) is 5.94. The van der Waals surface area contributed by atoms with Gasteiger partial charge in [0.1, 0.15) is 0 Å². The summed E-state index contributed by atoms with van der Waals surface area (Å²) >= 11 is 4.27. The Labute approximate surface area is 85.2 Å². The summed E-state index contributed by atoms with van der Waals surface area (Å²) in [7, 11) is 0. The van der Waals surface area contributed by atoms with Gasteiger partial charge < -0.3 is 10.2 Å². The van der Waals surface area contributed by atoms with E-state index >= 15 is 0 Å². The highest BCUT2D eigenvalue weighted by molar-refractivity contribution is 7.80. The molecule has 0 aromatic carbocycles. The van der Waals surface area contributed by atoms with Gasteiger partial charge in [-0.2, -0.15) is 12.6 Å². The van der Waals surface area contributed by atoms with Gasteiger partial charge >= 0.3 is 0 Å². The molecule has 0 aliphatic carbocycles. The number of nitrogens with zero attached hydrogens (tertiary/aromatic N) is 1. The molecule has 1 saturated heterocycles. The van der Waals surface area contributed by atoms with Crippen LogP contribution in [0.5, 0.6) is 0 Å². The largest absolute Gasteiger partial charge is 0.389 e. The lowest BCUT2D eigenvalue weighted by atomic mass is 9.96. The number of rotatable bonds is 3. The molecule has 0 amide bonds. The minimum atomic E-state index is -0.573. The third kappa shape index (κ3) is 3.13. The summed E-state index contributed by atoms with van der Waals surface area (Å²) in [5.41, 5.74) is 0.146. The number of aliphatic hydroxyl groups is 2. The predicted octanol–water partition coefficient (Wildman–Crippen LogP) is -0.0202. The molecule has 0 spiro atoms. The minimum absolute atomic E-state index is 0.146. The van der Waals surface area contributed by atoms with E-state index < -0.39 is 12.2 Å². The van der Waals surface area contributed by atoms with Crippen LogP contribution in [-0.2, 0) is 0 Å². The first-order valence-corrected chi connectivity index (χ1v) is 5.27. The Morgan fingerprint density at radius 2 is 1.77 bits per heavy atom. The van der Waals surface area contributed by atoms with Gasteiger partial charge in [-0.25, -0.2) is 0 Å². The number of thiol groups is 1. The first-order valence-electron chi connectivity index (χ1n) is 4.64. The van der Waals surface area contributed by atoms with Crippen molar-refractivity contribution in [1.82, 2.24) is 4.90 Å². The van der Waals surface area contributed by atoms with E-state index in [1.54, 1.807) is 0 Å². The molecule has 3 nitrogen and oxygen atoms in total. The fourth-order valence-corrected chi connectivity index (χ4v) is 1.73. The van der Waals surface area contributed by atoms with E-state index in [-0.39, 0.29) is 5.41 Å². The maximum Gasteiger partial charge on any atom is 0.0938 e. The Balaban J connectivity index is 2.40. The van der Waals surface area contributed by atoms with E-state index in [0.717, 1.165) is 12.3 Å². The normalized spacial score (nSPS) is 31.2. The zero-order valence-corrected chi connectivity index (χ0v) is 9.17. The molecule has 1 rings (SSSR count). The standard InChI is InChI=1S/C9H19NO2S/c1-9(2,6-13)5-10-3-7(11)8(12)4-10/h7-8,11-13H,3-6H2,1-2H3. The fraction of sp³-hybridized carbons (Fsp3) is 1.00. The molecule has 1 fully saturated rings. The topological polar surface area (TPSA) is 43.7 Å². The lowest BCUT2D eigenvalue weighted by Crippen LogP contribution is -2.34. The van der Waals surface area contributed by atoms with Crippen LogP contribution in [0.2, 0.25) is 0 Å². The van der Waals surface area contributed by atoms with E-state index in [1.165, 1.54) is 0 Å². The number of aliphatic hydroxyl groups excluding tert-OH is 2. The molecular weight excluding hydrogens is 186 g/mol. The zero-order valence-electron chi connectivity index (χ0n) is 8.27. The van der Waals surface area contributed by atoms with Crippen molar-refractivity contribution in [3.8, 4) is 0 Å². The molecule has 78 valence electrons. The van der Waals surface area contributed by atoms with Crippen LogP contribution in [0.1, 0.15) is 13.8 Å². The van der Waals surface area contributed by atoms with Crippen LogP contribution < -0.4 is 0 Å². The number of hydrogen-bond acceptors (Lipinski definition) is 4. The second-order valence-electron chi connectivity index (χ2n) is 4.65. The van der Waals surface area contributed by atoms with E-state index in [9.17, 15) is 10.2 Å². The van der Waals surface area contributed by atoms with Crippen LogP contribution in [0.15, 0.2) is 0 Å². The summed E-state index contributed by atoms with van der Waals surface area (Å²) in [5, 5.41) is 18.7. The van der Waals surface area contributed by atoms with Crippen LogP contribution in [0.3, 0.4) is 0 Å². The van der Waals surface area contributed by atoms with Gasteiger partial charge in [0.05, 0.1) is 12.2 Å². The fourth-order valence-electron chi connectivity index (χ4n) is 1.63. The highest BCUT2D eigenvalue weighted by Gasteiger charge is 2.32. The average molecular weight is 205 g/mol. The smallest absolute Gasteiger partial charge is 0.0938 e. The molecule has 0 radical (unpaired) electrons. The molecule has 1 aliphatic heterocycles. The molecule has 1 aliphatic rings. The van der Waals surface area contributed by atoms with Gasteiger partial charge in [-0.1, -0.05) is 13.8 Å². The Kier molecular flexibility index (Phi) is 3.63. The van der Waals surface area contributed by atoms with Gasteiger partial charge in [-0.05, 0) is 11.2 Å². The van der Waals surface area contributed by atoms with Crippen molar-refractivity contribution < 1.29 is 10.2 Å². The van der Waals surface area contributed by atoms with E-state index in [1.807, 2.05) is 0 Å². The van der Waals surface area contributed by atoms with Crippen LogP contribution in [-0.4, -0.2) is 52.7 Å². The van der Waals surface area contributed by atoms with Gasteiger partial charge in [0, 0.05) is 19.6 Å². The molecule has 0 saturated carbocycles. The van der Waals surface area contributed by atoms with Crippen molar-refractivity contribution in [2.24, 2.45) is 5.41 Å². The summed E-state index contributed by atoms with van der Waals surface area (Å²) in [6.07, 6.45) is -1.15. The second kappa shape index (κ2) is 4.17. The molecular formula is C9H19NO2S. The van der Waals surface area contributed by atoms with Crippen LogP contribution in [0.4, 0.5) is 0 Å². The third-order valence-corrected chi connectivity index (χ3v) is 3.27. The first kappa shape index (κ1) is 11.3. The van der Waals surface area contributed by atoms with Crippen molar-refractivity contribution in [3.63, 3.8) is 0 Å². The predicted molar refractivity (Wildman–Crippen MR) is 56.1 cm³/mol. The van der Waals surface area contributed by atoms with Gasteiger partial charge in [0.15, 0.2) is 0 Å². The quantitative estimate of drug-likeness (QED) is 0.567. The summed E-state index contributed by atoms with van der Waals surface area (Å²) in [6.45, 7) is 6.32. The molecule has 0 bridgehead atoms. The monoisotopic (exact) mass is 205 g/mol. The number of likely N-dealkylation sites (tertiary alicyclic amines) is 1. The van der Waals surface area contributed by atoms with Crippen molar-refractivity contribution in [2.75, 3.05) is 25.4 Å². The molecule has 0 aromatic heterocycles. The van der Waals surface area contributed by atoms with Crippen molar-refractivity contribution in [3.05, 3.63) is 0 Å². The summed E-state index contributed by atoms with van der Waals surface area (Å²) in [6, 6.07) is 0. The van der Waals surface area contributed by atoms with Gasteiger partial charge in [0.25, 0.3) is 0 Å². The zero-order chi connectivity index (χ0) is 10.1. The number of β-amino-alcohol motifs (C(OH)–C–C–N with tert-alkyl or cyclic N) is 2. The van der Waals surface area contributed by atoms with E-state index in [4.69, 9.17) is 0 Å². The highest BCUT2D eigenvalue weighted by Crippen LogP contribution is 2.21. The van der Waals surface area contributed by atoms with Crippen LogP contribution in [0.25, 0.3) is 0 Å². The van der Waals surface area contributed by atoms with Crippen molar-refractivity contribution in [1.29, 1.82) is 0 Å². The molecule has 0 aromatic rings. The van der Waals surface area contributed by atoms with Crippen molar-refractivity contribution >= 4 is 12.6 Å². The summed E-state index contributed by atoms with van der Waals surface area (Å²) in [4.78, 5) is 2.09. The minimum Gasteiger partial charge on any atom is -0.389 e. The molecule has 2 unspecified atom stereocenters. The average Bonchev–Trinajstić information content (AvgIpc) is 2.30. The lowest BCUT2D eigenvalue weighted by Gasteiger charge is -2.28. The lowest BCUT2D eigenvalue weighted by molar-refractivity contribution is 0.0572. The van der Waals surface area contributed by atoms with E-state index in [2.05, 4.69) is 31.4 Å². The molecule has 2 N–H and O–H groups in total. The molecule has 13 heavy (non-hydrogen) atoms. The van der Waals surface area contributed by atoms with Crippen LogP contribution >= 0.6 is 12.6 Å². The maximum atomic E-state index is 9.33. The summed E-state index contributed by atoms with van der Waals surface area (Å²) < 4.78 is 0. The van der Waals surface area contributed by atoms with Gasteiger partial charge in [-0.15, -0.1) is 0 Å². The van der Waals surface area contributed by atoms with Crippen molar-refractivity contribution in [2.45, 2.75) is 26.1 Å². The Bertz CT molecular complexity index is 165. The van der Waals surface area contributed by atoms with Crippen LogP contribution in [0, 0.1) is 5.41 Å². The molecule has 1 heterocycles.